The predicted octanol–water partition coefficient (Wildman–Crippen LogP) is 4.47. The molecule has 11 nitrogen and oxygen atoms in total. The first-order valence-corrected chi connectivity index (χ1v) is 15.2. The summed E-state index contributed by atoms with van der Waals surface area (Å²) in [6.45, 7) is 11.3. The van der Waals surface area contributed by atoms with Crippen LogP contribution in [0, 0.1) is 0 Å². The van der Waals surface area contributed by atoms with Crippen molar-refractivity contribution in [2.45, 2.75) is 46.3 Å². The summed E-state index contributed by atoms with van der Waals surface area (Å²) in [5.41, 5.74) is 0.659. The van der Waals surface area contributed by atoms with Crippen LogP contribution in [0.1, 0.15) is 34.1 Å². The highest BCUT2D eigenvalue weighted by molar-refractivity contribution is 6.41. The first kappa shape index (κ1) is 33.5. The van der Waals surface area contributed by atoms with Crippen molar-refractivity contribution in [3.05, 3.63) is 50.4 Å². The number of pyridine rings is 1. The van der Waals surface area contributed by atoms with E-state index in [1.807, 2.05) is 18.7 Å². The van der Waals surface area contributed by atoms with Gasteiger partial charge in [-0.1, -0.05) is 28.8 Å². The molecule has 0 atom stereocenters. The van der Waals surface area contributed by atoms with Gasteiger partial charge in [0, 0.05) is 68.6 Å². The maximum Gasteiger partial charge on any atom is 0.260 e. The Morgan fingerprint density at radius 2 is 1.70 bits per heavy atom. The second-order valence-electron chi connectivity index (χ2n) is 11.7. The molecule has 3 heterocycles. The van der Waals surface area contributed by atoms with E-state index in [1.54, 1.807) is 42.8 Å². The summed E-state index contributed by atoms with van der Waals surface area (Å²) in [6, 6.07) is 3.24. The molecular weight excluding hydrogens is 607 g/mol. The maximum atomic E-state index is 14.2. The number of halogens is 2. The Kier molecular flexibility index (Phi) is 10.8. The number of rotatable bonds is 11. The van der Waals surface area contributed by atoms with E-state index in [-0.39, 0.29) is 39.6 Å². The van der Waals surface area contributed by atoms with E-state index < -0.39 is 5.60 Å². The summed E-state index contributed by atoms with van der Waals surface area (Å²) >= 11 is 13.4. The molecule has 2 N–H and O–H groups in total. The van der Waals surface area contributed by atoms with Crippen molar-refractivity contribution in [2.75, 3.05) is 58.8 Å². The quantitative estimate of drug-likeness (QED) is 0.291. The number of ether oxygens (including phenoxy) is 2. The van der Waals surface area contributed by atoms with Crippen LogP contribution in [0.15, 0.2) is 34.8 Å². The molecule has 13 heteroatoms. The smallest absolute Gasteiger partial charge is 0.260 e. The third-order valence-corrected chi connectivity index (χ3v) is 8.05. The van der Waals surface area contributed by atoms with Crippen molar-refractivity contribution in [3.8, 4) is 22.6 Å². The molecule has 0 radical (unpaired) electrons. The summed E-state index contributed by atoms with van der Waals surface area (Å²) in [6.07, 6.45) is 3.94. The van der Waals surface area contributed by atoms with Crippen LogP contribution in [0.3, 0.4) is 0 Å². The van der Waals surface area contributed by atoms with E-state index in [0.717, 1.165) is 25.2 Å². The van der Waals surface area contributed by atoms with Crippen LogP contribution in [0.5, 0.6) is 11.5 Å². The van der Waals surface area contributed by atoms with Crippen LogP contribution >= 0.6 is 23.2 Å². The van der Waals surface area contributed by atoms with E-state index >= 15 is 0 Å². The number of carbonyl (C=O) groups is 1. The van der Waals surface area contributed by atoms with Gasteiger partial charge in [0.1, 0.15) is 17.1 Å². The van der Waals surface area contributed by atoms with Crippen LogP contribution < -0.4 is 20.3 Å². The Morgan fingerprint density at radius 1 is 1.07 bits per heavy atom. The summed E-state index contributed by atoms with van der Waals surface area (Å²) in [5.74, 6) is 0.966. The van der Waals surface area contributed by atoms with Crippen LogP contribution in [0.25, 0.3) is 22.2 Å². The third kappa shape index (κ3) is 7.82. The number of aliphatic hydroxyl groups is 1. The van der Waals surface area contributed by atoms with Crippen molar-refractivity contribution in [1.82, 2.24) is 24.3 Å². The lowest BCUT2D eigenvalue weighted by Gasteiger charge is -2.34. The standard InChI is InChI=1S/C31H40Cl2N6O5/c1-19(2)14-24(40)38-12-10-37(11-13-38)8-7-9-39-28-20(17-34-30(36-28)35-18-31(3,4)42)15-21(29(39)41)25-26(32)22(43-5)16-23(44-6)27(25)33/h14-17,42H,7-13,18H2,1-6H3,(H,34,35,36). The van der Waals surface area contributed by atoms with Gasteiger partial charge in [0.25, 0.3) is 5.56 Å². The molecule has 0 spiro atoms. The molecule has 0 saturated carbocycles. The molecule has 0 bridgehead atoms. The number of benzene rings is 1. The summed E-state index contributed by atoms with van der Waals surface area (Å²) in [4.78, 5) is 39.8. The van der Waals surface area contributed by atoms with Gasteiger partial charge in [-0.05, 0) is 46.7 Å². The Morgan fingerprint density at radius 3 is 2.27 bits per heavy atom. The van der Waals surface area contributed by atoms with Gasteiger partial charge in [-0.15, -0.1) is 0 Å². The minimum absolute atomic E-state index is 0.0414. The molecule has 1 aliphatic rings. The number of allylic oxidation sites excluding steroid dienone is 1. The lowest BCUT2D eigenvalue weighted by Crippen LogP contribution is -2.48. The molecule has 0 unspecified atom stereocenters. The Labute approximate surface area is 267 Å². The number of methoxy groups -OCH3 is 2. The summed E-state index contributed by atoms with van der Waals surface area (Å²) < 4.78 is 12.5. The number of carbonyl (C=O) groups excluding carboxylic acids is 1. The first-order chi connectivity index (χ1) is 20.8. The molecule has 44 heavy (non-hydrogen) atoms. The highest BCUT2D eigenvalue weighted by Crippen LogP contribution is 2.45. The van der Waals surface area contributed by atoms with E-state index in [2.05, 4.69) is 20.2 Å². The number of nitrogens with zero attached hydrogens (tertiary/aromatic N) is 5. The van der Waals surface area contributed by atoms with E-state index in [4.69, 9.17) is 32.7 Å². The molecule has 1 aliphatic heterocycles. The van der Waals surface area contributed by atoms with Crippen molar-refractivity contribution in [1.29, 1.82) is 0 Å². The average molecular weight is 648 g/mol. The number of amides is 1. The SMILES string of the molecule is COc1cc(OC)c(Cl)c(-c2cc3cnc(NCC(C)(C)O)nc3n(CCCN3CCN(C(=O)C=C(C)C)CC3)c2=O)c1Cl. The molecule has 1 aromatic carbocycles. The lowest BCUT2D eigenvalue weighted by molar-refractivity contribution is -0.127. The predicted molar refractivity (Wildman–Crippen MR) is 174 cm³/mol. The second-order valence-corrected chi connectivity index (χ2v) is 12.4. The maximum absolute atomic E-state index is 14.2. The molecule has 4 rings (SSSR count). The van der Waals surface area contributed by atoms with Crippen molar-refractivity contribution >= 4 is 46.1 Å². The van der Waals surface area contributed by atoms with E-state index in [9.17, 15) is 14.7 Å². The molecule has 1 amide bonds. The number of nitrogens with one attached hydrogen (secondary N) is 1. The van der Waals surface area contributed by atoms with Gasteiger partial charge in [0.2, 0.25) is 11.9 Å². The molecule has 3 aromatic rings. The topological polar surface area (TPSA) is 122 Å². The van der Waals surface area contributed by atoms with Gasteiger partial charge in [0.15, 0.2) is 0 Å². The van der Waals surface area contributed by atoms with Crippen molar-refractivity contribution in [3.63, 3.8) is 0 Å². The largest absolute Gasteiger partial charge is 0.495 e. The van der Waals surface area contributed by atoms with Gasteiger partial charge in [-0.3, -0.25) is 19.1 Å². The van der Waals surface area contributed by atoms with Crippen LogP contribution in [0.4, 0.5) is 5.95 Å². The van der Waals surface area contributed by atoms with Crippen molar-refractivity contribution < 1.29 is 19.4 Å². The van der Waals surface area contributed by atoms with Crippen LogP contribution in [0.2, 0.25) is 10.0 Å². The molecule has 1 fully saturated rings. The number of aryl methyl sites for hydroxylation is 1. The van der Waals surface area contributed by atoms with E-state index in [1.165, 1.54) is 14.2 Å². The van der Waals surface area contributed by atoms with Gasteiger partial charge < -0.3 is 24.8 Å². The number of fused-ring (bicyclic) bond motifs is 1. The zero-order valence-corrected chi connectivity index (χ0v) is 27.6. The number of hydrogen-bond acceptors (Lipinski definition) is 9. The number of anilines is 1. The Balaban J connectivity index is 1.68. The molecule has 0 aliphatic carbocycles. The lowest BCUT2D eigenvalue weighted by atomic mass is 10.0. The second kappa shape index (κ2) is 14.2. The minimum Gasteiger partial charge on any atom is -0.495 e. The monoisotopic (exact) mass is 646 g/mol. The fourth-order valence-electron chi connectivity index (χ4n) is 5.03. The summed E-state index contributed by atoms with van der Waals surface area (Å²) in [5, 5.41) is 14.2. The zero-order valence-electron chi connectivity index (χ0n) is 26.0. The Bertz CT molecular complexity index is 1580. The molecule has 2 aromatic heterocycles. The van der Waals surface area contributed by atoms with Crippen LogP contribution in [-0.4, -0.2) is 94.4 Å². The van der Waals surface area contributed by atoms with Crippen molar-refractivity contribution in [2.24, 2.45) is 0 Å². The van der Waals surface area contributed by atoms with Gasteiger partial charge >= 0.3 is 0 Å². The number of aromatic nitrogens is 3. The minimum atomic E-state index is -0.985. The number of hydrogen-bond donors (Lipinski definition) is 2. The first-order valence-electron chi connectivity index (χ1n) is 14.5. The summed E-state index contributed by atoms with van der Waals surface area (Å²) in [7, 11) is 2.95. The molecular formula is C31H40Cl2N6O5. The Hall–Kier alpha value is -3.38. The van der Waals surface area contributed by atoms with Gasteiger partial charge in [0.05, 0.1) is 35.4 Å². The van der Waals surface area contributed by atoms with Gasteiger partial charge in [-0.25, -0.2) is 4.98 Å². The number of piperazine rings is 1. The highest BCUT2D eigenvalue weighted by atomic mass is 35.5. The molecule has 1 saturated heterocycles. The fraction of sp³-hybridized carbons (Fsp3) is 0.484. The van der Waals surface area contributed by atoms with Gasteiger partial charge in [-0.2, -0.15) is 4.98 Å². The average Bonchev–Trinajstić information content (AvgIpc) is 2.97. The van der Waals surface area contributed by atoms with Crippen LogP contribution in [-0.2, 0) is 11.3 Å². The molecule has 238 valence electrons. The fourth-order valence-corrected chi connectivity index (χ4v) is 5.74. The zero-order chi connectivity index (χ0) is 32.2. The highest BCUT2D eigenvalue weighted by Gasteiger charge is 2.24. The van der Waals surface area contributed by atoms with E-state index in [0.29, 0.717) is 54.2 Å². The third-order valence-electron chi connectivity index (χ3n) is 7.30. The normalized spacial score (nSPS) is 14.1.